The predicted octanol–water partition coefficient (Wildman–Crippen LogP) is 2.85. The van der Waals surface area contributed by atoms with Crippen molar-refractivity contribution in [1.82, 2.24) is 10.3 Å². The fraction of sp³-hybridized carbons (Fsp3) is 0.733. The number of thiazole rings is 1. The molecule has 5 nitrogen and oxygen atoms in total. The highest BCUT2D eigenvalue weighted by atomic mass is 32.1. The van der Waals surface area contributed by atoms with Gasteiger partial charge < -0.3 is 16.4 Å². The van der Waals surface area contributed by atoms with Crippen molar-refractivity contribution >= 4 is 28.2 Å². The number of rotatable bonds is 3. The Bertz CT molecular complexity index is 548. The first-order chi connectivity index (χ1) is 9.82. The first-order valence-corrected chi connectivity index (χ1v) is 8.49. The van der Waals surface area contributed by atoms with Crippen LogP contribution >= 0.6 is 11.3 Å². The Labute approximate surface area is 129 Å². The number of fused-ring (bicyclic) bond motifs is 2. The van der Waals surface area contributed by atoms with Crippen molar-refractivity contribution < 1.29 is 4.79 Å². The van der Waals surface area contributed by atoms with Gasteiger partial charge in [-0.25, -0.2) is 4.98 Å². The van der Waals surface area contributed by atoms with E-state index in [-0.39, 0.29) is 11.4 Å². The summed E-state index contributed by atoms with van der Waals surface area (Å²) in [6.07, 6.45) is 4.99. The summed E-state index contributed by atoms with van der Waals surface area (Å²) in [6.45, 7) is 6.17. The zero-order valence-electron chi connectivity index (χ0n) is 12.9. The Morgan fingerprint density at radius 3 is 2.67 bits per heavy atom. The molecule has 0 radical (unpaired) electrons. The third kappa shape index (κ3) is 3.15. The monoisotopic (exact) mass is 308 g/mol. The van der Waals surface area contributed by atoms with Gasteiger partial charge in [0.05, 0.1) is 0 Å². The Balaban J connectivity index is 1.67. The molecule has 6 heteroatoms. The van der Waals surface area contributed by atoms with Crippen molar-refractivity contribution in [2.75, 3.05) is 11.1 Å². The molecule has 3 rings (SSSR count). The number of anilines is 2. The molecule has 1 amide bonds. The Hall–Kier alpha value is -1.30. The molecule has 2 fully saturated rings. The van der Waals surface area contributed by atoms with E-state index in [0.717, 1.165) is 12.3 Å². The SMILES string of the molecule is CC(C)(C)Nc1nc(N)c(C(=O)NC2CC3CCC2C3)s1. The molecule has 21 heavy (non-hydrogen) atoms. The molecule has 2 saturated carbocycles. The summed E-state index contributed by atoms with van der Waals surface area (Å²) in [4.78, 5) is 17.2. The van der Waals surface area contributed by atoms with Gasteiger partial charge in [-0.1, -0.05) is 17.8 Å². The molecular weight excluding hydrogens is 284 g/mol. The topological polar surface area (TPSA) is 80.0 Å². The molecule has 0 aliphatic heterocycles. The molecule has 3 atom stereocenters. The highest BCUT2D eigenvalue weighted by Crippen LogP contribution is 2.44. The van der Waals surface area contributed by atoms with Gasteiger partial charge in [0.15, 0.2) is 5.13 Å². The highest BCUT2D eigenvalue weighted by molar-refractivity contribution is 7.18. The minimum Gasteiger partial charge on any atom is -0.382 e. The smallest absolute Gasteiger partial charge is 0.265 e. The predicted molar refractivity (Wildman–Crippen MR) is 86.6 cm³/mol. The van der Waals surface area contributed by atoms with E-state index in [1.165, 1.54) is 30.6 Å². The van der Waals surface area contributed by atoms with Gasteiger partial charge in [-0.2, -0.15) is 0 Å². The van der Waals surface area contributed by atoms with Crippen LogP contribution in [-0.4, -0.2) is 22.5 Å². The summed E-state index contributed by atoms with van der Waals surface area (Å²) in [5, 5.41) is 7.14. The molecule has 116 valence electrons. The Kier molecular flexibility index (Phi) is 3.59. The van der Waals surface area contributed by atoms with Gasteiger partial charge >= 0.3 is 0 Å². The van der Waals surface area contributed by atoms with Gasteiger partial charge in [0.2, 0.25) is 0 Å². The van der Waals surface area contributed by atoms with E-state index in [0.29, 0.717) is 27.8 Å². The molecule has 3 unspecified atom stereocenters. The van der Waals surface area contributed by atoms with Gasteiger partial charge in [0.1, 0.15) is 10.7 Å². The summed E-state index contributed by atoms with van der Waals surface area (Å²) >= 11 is 1.34. The summed E-state index contributed by atoms with van der Waals surface area (Å²) in [5.74, 6) is 1.74. The second-order valence-corrected chi connectivity index (χ2v) is 8.36. The number of nitrogens with two attached hydrogens (primary N) is 1. The number of aromatic nitrogens is 1. The quantitative estimate of drug-likeness (QED) is 0.802. The maximum absolute atomic E-state index is 12.4. The molecule has 0 spiro atoms. The minimum absolute atomic E-state index is 0.0653. The van der Waals surface area contributed by atoms with Crippen molar-refractivity contribution in [3.63, 3.8) is 0 Å². The number of nitrogens with one attached hydrogen (secondary N) is 2. The molecule has 2 aliphatic rings. The van der Waals surface area contributed by atoms with Crippen molar-refractivity contribution in [1.29, 1.82) is 0 Å². The van der Waals surface area contributed by atoms with Crippen LogP contribution in [0.4, 0.5) is 10.9 Å². The van der Waals surface area contributed by atoms with Gasteiger partial charge in [0.25, 0.3) is 5.91 Å². The third-order valence-corrected chi connectivity index (χ3v) is 5.38. The Morgan fingerprint density at radius 2 is 2.10 bits per heavy atom. The minimum atomic E-state index is -0.0946. The lowest BCUT2D eigenvalue weighted by Crippen LogP contribution is -2.38. The van der Waals surface area contributed by atoms with E-state index in [1.54, 1.807) is 0 Å². The second-order valence-electron chi connectivity index (χ2n) is 7.36. The largest absolute Gasteiger partial charge is 0.382 e. The molecule has 1 heterocycles. The number of nitrogens with zero attached hydrogens (tertiary/aromatic N) is 1. The lowest BCUT2D eigenvalue weighted by molar-refractivity contribution is 0.0927. The number of nitrogen functional groups attached to an aromatic ring is 1. The Morgan fingerprint density at radius 1 is 1.33 bits per heavy atom. The van der Waals surface area contributed by atoms with Crippen LogP contribution in [-0.2, 0) is 0 Å². The van der Waals surface area contributed by atoms with Gasteiger partial charge in [-0.3, -0.25) is 4.79 Å². The lowest BCUT2D eigenvalue weighted by atomic mass is 9.95. The lowest BCUT2D eigenvalue weighted by Gasteiger charge is -2.22. The summed E-state index contributed by atoms with van der Waals surface area (Å²) in [6, 6.07) is 0.330. The van der Waals surface area contributed by atoms with Crippen molar-refractivity contribution in [2.24, 2.45) is 11.8 Å². The number of hydrogen-bond acceptors (Lipinski definition) is 5. The average molecular weight is 308 g/mol. The van der Waals surface area contributed by atoms with Crippen LogP contribution < -0.4 is 16.4 Å². The first-order valence-electron chi connectivity index (χ1n) is 7.67. The third-order valence-electron chi connectivity index (χ3n) is 4.40. The molecule has 1 aromatic rings. The van der Waals surface area contributed by atoms with Crippen LogP contribution in [0.25, 0.3) is 0 Å². The number of hydrogen-bond donors (Lipinski definition) is 3. The van der Waals surface area contributed by atoms with Gasteiger partial charge in [-0.15, -0.1) is 0 Å². The zero-order chi connectivity index (χ0) is 15.2. The fourth-order valence-corrected chi connectivity index (χ4v) is 4.52. The standard InChI is InChI=1S/C15H24N4OS/c1-15(2,3)19-14-18-12(16)11(21-14)13(20)17-10-7-8-4-5-9(10)6-8/h8-10H,4-7,16H2,1-3H3,(H,17,20)(H,18,19). The maximum atomic E-state index is 12.4. The summed E-state index contributed by atoms with van der Waals surface area (Å²) in [7, 11) is 0. The summed E-state index contributed by atoms with van der Waals surface area (Å²) in [5.41, 5.74) is 5.82. The van der Waals surface area contributed by atoms with Crippen LogP contribution in [0.2, 0.25) is 0 Å². The van der Waals surface area contributed by atoms with Crippen LogP contribution in [0.3, 0.4) is 0 Å². The van der Waals surface area contributed by atoms with E-state index >= 15 is 0 Å². The van der Waals surface area contributed by atoms with Crippen LogP contribution in [0.1, 0.15) is 56.1 Å². The van der Waals surface area contributed by atoms with Crippen molar-refractivity contribution in [3.8, 4) is 0 Å². The second kappa shape index (κ2) is 5.16. The van der Waals surface area contributed by atoms with Crippen LogP contribution in [0, 0.1) is 11.8 Å². The molecule has 1 aromatic heterocycles. The van der Waals surface area contributed by atoms with Crippen LogP contribution in [0.15, 0.2) is 0 Å². The molecular formula is C15H24N4OS. The van der Waals surface area contributed by atoms with Crippen LogP contribution in [0.5, 0.6) is 0 Å². The number of carbonyl (C=O) groups excluding carboxylic acids is 1. The van der Waals surface area contributed by atoms with Gasteiger partial charge in [0, 0.05) is 11.6 Å². The van der Waals surface area contributed by atoms with E-state index < -0.39 is 0 Å². The number of carbonyl (C=O) groups is 1. The molecule has 0 saturated heterocycles. The van der Waals surface area contributed by atoms with Crippen molar-refractivity contribution in [3.05, 3.63) is 4.88 Å². The molecule has 0 aromatic carbocycles. The van der Waals surface area contributed by atoms with Crippen molar-refractivity contribution in [2.45, 2.75) is 58.0 Å². The van der Waals surface area contributed by atoms with E-state index in [2.05, 4.69) is 36.4 Å². The number of amides is 1. The van der Waals surface area contributed by atoms with E-state index in [9.17, 15) is 4.79 Å². The zero-order valence-corrected chi connectivity index (χ0v) is 13.7. The molecule has 2 bridgehead atoms. The van der Waals surface area contributed by atoms with Gasteiger partial charge in [-0.05, 0) is 51.9 Å². The first kappa shape index (κ1) is 14.6. The summed E-state index contributed by atoms with van der Waals surface area (Å²) < 4.78 is 0. The van der Waals surface area contributed by atoms with E-state index in [4.69, 9.17) is 5.73 Å². The maximum Gasteiger partial charge on any atom is 0.265 e. The highest BCUT2D eigenvalue weighted by Gasteiger charge is 2.40. The normalized spacial score (nSPS) is 27.9. The molecule has 4 N–H and O–H groups in total. The molecule has 2 aliphatic carbocycles. The van der Waals surface area contributed by atoms with E-state index in [1.807, 2.05) is 0 Å². The average Bonchev–Trinajstić information content (AvgIpc) is 3.02. The fourth-order valence-electron chi connectivity index (χ4n) is 3.52.